The van der Waals surface area contributed by atoms with Crippen molar-refractivity contribution in [1.82, 2.24) is 0 Å². The third-order valence-corrected chi connectivity index (χ3v) is 8.70. The lowest BCUT2D eigenvalue weighted by Crippen LogP contribution is -1.90. The number of ether oxygens (including phenoxy) is 1. The van der Waals surface area contributed by atoms with Crippen molar-refractivity contribution in [2.24, 2.45) is 0 Å². The molecule has 0 unspecified atom stereocenters. The van der Waals surface area contributed by atoms with Crippen LogP contribution in [0.25, 0.3) is 0 Å². The predicted molar refractivity (Wildman–Crippen MR) is 99.2 cm³/mol. The van der Waals surface area contributed by atoms with Gasteiger partial charge < -0.3 is 4.74 Å². The molecule has 0 saturated heterocycles. The molecule has 0 aliphatic rings. The second-order valence-corrected chi connectivity index (χ2v) is 8.34. The van der Waals surface area contributed by atoms with Crippen LogP contribution in [0.3, 0.4) is 0 Å². The Morgan fingerprint density at radius 2 is 1.21 bits per heavy atom. The van der Waals surface area contributed by atoms with Gasteiger partial charge in [0.25, 0.3) is 0 Å². The van der Waals surface area contributed by atoms with Crippen molar-refractivity contribution in [2.45, 2.75) is 0 Å². The topological polar surface area (TPSA) is 9.23 Å². The number of benzene rings is 2. The zero-order valence-electron chi connectivity index (χ0n) is 8.99. The quantitative estimate of drug-likeness (QED) is 0.238. The Balaban J connectivity index is 2.52. The highest BCUT2D eigenvalue weighted by molar-refractivity contribution is 9.15. The Hall–Kier alpha value is 1.12. The number of rotatable bonds is 2. The number of hydrogen-bond acceptors (Lipinski definition) is 1. The van der Waals surface area contributed by atoms with Gasteiger partial charge in [-0.3, -0.25) is 0 Å². The van der Waals surface area contributed by atoms with Crippen LogP contribution in [0.1, 0.15) is 0 Å². The highest BCUT2D eigenvalue weighted by atomic mass is 79.9. The van der Waals surface area contributed by atoms with Crippen LogP contribution < -0.4 is 4.74 Å². The molecule has 0 aliphatic carbocycles. The largest absolute Gasteiger partial charge is 0.455 e. The number of hydrogen-bond donors (Lipinski definition) is 0. The fourth-order valence-electron chi connectivity index (χ4n) is 1.32. The van der Waals surface area contributed by atoms with Gasteiger partial charge in [-0.15, -0.1) is 0 Å². The molecule has 0 heterocycles. The summed E-state index contributed by atoms with van der Waals surface area (Å²) in [6.07, 6.45) is 0. The Labute approximate surface area is 161 Å². The zero-order valence-corrected chi connectivity index (χ0v) is 18.5. The van der Waals surface area contributed by atoms with Gasteiger partial charge in [-0.1, -0.05) is 22.0 Å². The van der Waals surface area contributed by atoms with Crippen LogP contribution in [0, 0.1) is 0 Å². The lowest BCUT2D eigenvalue weighted by atomic mass is 10.3. The van der Waals surface area contributed by atoms with E-state index in [2.05, 4.69) is 95.6 Å². The molecule has 0 amide bonds. The molecule has 2 aromatic carbocycles. The number of halogens is 6. The van der Waals surface area contributed by atoms with Crippen LogP contribution >= 0.6 is 95.6 Å². The maximum absolute atomic E-state index is 5.93. The van der Waals surface area contributed by atoms with Crippen molar-refractivity contribution in [3.8, 4) is 11.5 Å². The lowest BCUT2D eigenvalue weighted by Gasteiger charge is -2.14. The van der Waals surface area contributed by atoms with E-state index in [1.54, 1.807) is 0 Å². The summed E-state index contributed by atoms with van der Waals surface area (Å²) in [4.78, 5) is 0. The summed E-state index contributed by atoms with van der Waals surface area (Å²) in [6.45, 7) is 0. The first-order valence-electron chi connectivity index (χ1n) is 4.86. The standard InChI is InChI=1S/C12H4Br6O/c13-5-2-1-3-6(4-5)19-12-10(17)8(15)7(14)9(16)11(12)18/h1-4H. The molecule has 0 spiro atoms. The maximum Gasteiger partial charge on any atom is 0.158 e. The summed E-state index contributed by atoms with van der Waals surface area (Å²) in [6, 6.07) is 7.67. The van der Waals surface area contributed by atoms with Crippen molar-refractivity contribution in [1.29, 1.82) is 0 Å². The van der Waals surface area contributed by atoms with E-state index in [9.17, 15) is 0 Å². The van der Waals surface area contributed by atoms with Gasteiger partial charge in [0.1, 0.15) is 5.75 Å². The van der Waals surface area contributed by atoms with E-state index in [-0.39, 0.29) is 0 Å². The van der Waals surface area contributed by atoms with Crippen molar-refractivity contribution < 1.29 is 4.74 Å². The van der Waals surface area contributed by atoms with Crippen LogP contribution in [0.4, 0.5) is 0 Å². The molecule has 100 valence electrons. The summed E-state index contributed by atoms with van der Waals surface area (Å²) in [5, 5.41) is 0. The third kappa shape index (κ3) is 3.66. The van der Waals surface area contributed by atoms with Gasteiger partial charge >= 0.3 is 0 Å². The second-order valence-electron chi connectivity index (χ2n) is 3.46. The minimum atomic E-state index is 0.694. The summed E-state index contributed by atoms with van der Waals surface area (Å²) in [7, 11) is 0. The Morgan fingerprint density at radius 1 is 0.684 bits per heavy atom. The lowest BCUT2D eigenvalue weighted by molar-refractivity contribution is 0.475. The van der Waals surface area contributed by atoms with Gasteiger partial charge in [0.2, 0.25) is 0 Å². The van der Waals surface area contributed by atoms with Crippen LogP contribution in [0.15, 0.2) is 51.1 Å². The van der Waals surface area contributed by atoms with Crippen LogP contribution in [0.5, 0.6) is 11.5 Å². The molecular weight excluding hydrogens is 640 g/mol. The monoisotopic (exact) mass is 638 g/mol. The SMILES string of the molecule is Brc1cccc(Oc2c(Br)c(Br)c(Br)c(Br)c2Br)c1. The van der Waals surface area contributed by atoms with Gasteiger partial charge in [0.15, 0.2) is 5.75 Å². The molecule has 0 aromatic heterocycles. The normalized spacial score (nSPS) is 10.6. The van der Waals surface area contributed by atoms with E-state index in [0.29, 0.717) is 5.75 Å². The minimum Gasteiger partial charge on any atom is -0.455 e. The van der Waals surface area contributed by atoms with Gasteiger partial charge in [-0.2, -0.15) is 0 Å². The fraction of sp³-hybridized carbons (Fsp3) is 0. The molecule has 0 radical (unpaired) electrons. The van der Waals surface area contributed by atoms with Crippen molar-refractivity contribution >= 4 is 95.6 Å². The van der Waals surface area contributed by atoms with Crippen LogP contribution in [-0.4, -0.2) is 0 Å². The van der Waals surface area contributed by atoms with Gasteiger partial charge in [-0.05, 0) is 97.8 Å². The van der Waals surface area contributed by atoms with E-state index in [1.165, 1.54) is 0 Å². The van der Waals surface area contributed by atoms with Gasteiger partial charge in [-0.25, -0.2) is 0 Å². The van der Waals surface area contributed by atoms with E-state index >= 15 is 0 Å². The summed E-state index contributed by atoms with van der Waals surface area (Å²) in [5.41, 5.74) is 0. The summed E-state index contributed by atoms with van der Waals surface area (Å²) < 4.78 is 11.2. The Kier molecular flexibility index (Phi) is 6.01. The van der Waals surface area contributed by atoms with Gasteiger partial charge in [0, 0.05) is 8.95 Å². The maximum atomic E-state index is 5.93. The first kappa shape index (κ1) is 16.5. The molecular formula is C12H4Br6O. The summed E-state index contributed by atoms with van der Waals surface area (Å²) >= 11 is 21.0. The highest BCUT2D eigenvalue weighted by Crippen LogP contribution is 2.49. The molecule has 0 saturated carbocycles. The average molecular weight is 644 g/mol. The smallest absolute Gasteiger partial charge is 0.158 e. The molecule has 0 N–H and O–H groups in total. The van der Waals surface area contributed by atoms with Crippen molar-refractivity contribution in [3.05, 3.63) is 51.1 Å². The molecule has 2 rings (SSSR count). The van der Waals surface area contributed by atoms with E-state index in [1.807, 2.05) is 24.3 Å². The third-order valence-electron chi connectivity index (χ3n) is 2.19. The predicted octanol–water partition coefficient (Wildman–Crippen LogP) is 8.05. The van der Waals surface area contributed by atoms with E-state index in [4.69, 9.17) is 4.74 Å². The zero-order chi connectivity index (χ0) is 14.2. The molecule has 19 heavy (non-hydrogen) atoms. The van der Waals surface area contributed by atoms with E-state index < -0.39 is 0 Å². The van der Waals surface area contributed by atoms with Crippen molar-refractivity contribution in [2.75, 3.05) is 0 Å². The highest BCUT2D eigenvalue weighted by Gasteiger charge is 2.19. The second kappa shape index (κ2) is 6.92. The Morgan fingerprint density at radius 3 is 1.74 bits per heavy atom. The van der Waals surface area contributed by atoms with Gasteiger partial charge in [0.05, 0.1) is 17.9 Å². The minimum absolute atomic E-state index is 0.694. The fourth-order valence-corrected chi connectivity index (χ4v) is 4.87. The molecule has 0 aliphatic heterocycles. The molecule has 0 fully saturated rings. The van der Waals surface area contributed by atoms with E-state index in [0.717, 1.165) is 32.6 Å². The first-order valence-corrected chi connectivity index (χ1v) is 9.62. The molecule has 0 atom stereocenters. The van der Waals surface area contributed by atoms with Crippen molar-refractivity contribution in [3.63, 3.8) is 0 Å². The van der Waals surface area contributed by atoms with Crippen LogP contribution in [-0.2, 0) is 0 Å². The molecule has 0 bridgehead atoms. The first-order chi connectivity index (χ1) is 8.91. The van der Waals surface area contributed by atoms with Crippen LogP contribution in [0.2, 0.25) is 0 Å². The molecule has 2 aromatic rings. The Bertz CT molecular complexity index is 611. The summed E-state index contributed by atoms with van der Waals surface area (Å²) in [5.74, 6) is 1.44. The average Bonchev–Trinajstić information content (AvgIpc) is 2.39. The molecule has 7 heteroatoms. The molecule has 1 nitrogen and oxygen atoms in total.